The number of nitrogens with one attached hydrogen (secondary N) is 2. The van der Waals surface area contributed by atoms with E-state index in [1.54, 1.807) is 7.05 Å². The molecule has 144 valence electrons. The third-order valence-electron chi connectivity index (χ3n) is 3.91. The average molecular weight is 377 g/mol. The molecule has 1 aliphatic heterocycles. The molecule has 0 spiro atoms. The molecule has 0 saturated carbocycles. The fraction of sp³-hybridized carbons (Fsp3) is 0.316. The van der Waals surface area contributed by atoms with E-state index < -0.39 is 11.6 Å². The Morgan fingerprint density at radius 3 is 2.70 bits per heavy atom. The van der Waals surface area contributed by atoms with Crippen molar-refractivity contribution in [3.63, 3.8) is 0 Å². The van der Waals surface area contributed by atoms with Crippen LogP contribution in [0, 0.1) is 11.6 Å². The summed E-state index contributed by atoms with van der Waals surface area (Å²) in [4.78, 5) is 4.12. The highest BCUT2D eigenvalue weighted by Gasteiger charge is 2.13. The molecule has 0 fully saturated rings. The van der Waals surface area contributed by atoms with Crippen molar-refractivity contribution in [3.05, 3.63) is 53.6 Å². The van der Waals surface area contributed by atoms with E-state index >= 15 is 0 Å². The maximum absolute atomic E-state index is 13.5. The second kappa shape index (κ2) is 9.07. The molecule has 27 heavy (non-hydrogen) atoms. The van der Waals surface area contributed by atoms with Crippen LogP contribution in [0.15, 0.2) is 41.4 Å². The Morgan fingerprint density at radius 2 is 1.89 bits per heavy atom. The number of nitrogens with zero attached hydrogens (tertiary/aromatic N) is 1. The lowest BCUT2D eigenvalue weighted by Crippen LogP contribution is -2.40. The van der Waals surface area contributed by atoms with Crippen molar-refractivity contribution in [2.24, 2.45) is 4.99 Å². The van der Waals surface area contributed by atoms with E-state index in [4.69, 9.17) is 14.2 Å². The molecule has 2 N–H and O–H groups in total. The van der Waals surface area contributed by atoms with Gasteiger partial charge in [-0.3, -0.25) is 4.99 Å². The minimum atomic E-state index is -0.721. The topological polar surface area (TPSA) is 64.1 Å². The number of rotatable bonds is 7. The van der Waals surface area contributed by atoms with Crippen LogP contribution in [0.3, 0.4) is 0 Å². The number of fused-ring (bicyclic) bond motifs is 1. The standard InChI is InChI=1S/C19H21F2N3O3/c1-22-19(24-8-9-25-16-5-3-14(20)11-15(16)21)23-7-6-13-2-4-17-18(10-13)27-12-26-17/h2-5,10-11H,6-9,12H2,1H3,(H2,22,23,24). The fourth-order valence-corrected chi connectivity index (χ4v) is 2.56. The van der Waals surface area contributed by atoms with Crippen LogP contribution in [0.1, 0.15) is 5.56 Å². The Morgan fingerprint density at radius 1 is 1.07 bits per heavy atom. The third kappa shape index (κ3) is 5.22. The van der Waals surface area contributed by atoms with Crippen LogP contribution in [0.5, 0.6) is 17.2 Å². The Hall–Kier alpha value is -3.03. The molecular formula is C19H21F2N3O3. The van der Waals surface area contributed by atoms with E-state index in [0.29, 0.717) is 19.0 Å². The van der Waals surface area contributed by atoms with Gasteiger partial charge in [0.1, 0.15) is 12.4 Å². The van der Waals surface area contributed by atoms with Crippen LogP contribution < -0.4 is 24.8 Å². The molecule has 0 saturated heterocycles. The lowest BCUT2D eigenvalue weighted by molar-refractivity contribution is 0.174. The first-order valence-corrected chi connectivity index (χ1v) is 8.56. The van der Waals surface area contributed by atoms with E-state index in [0.717, 1.165) is 35.6 Å². The van der Waals surface area contributed by atoms with Gasteiger partial charge in [0.15, 0.2) is 29.0 Å². The van der Waals surface area contributed by atoms with Crippen molar-refractivity contribution >= 4 is 5.96 Å². The first-order valence-electron chi connectivity index (χ1n) is 8.56. The molecule has 1 heterocycles. The van der Waals surface area contributed by atoms with E-state index in [1.165, 1.54) is 6.07 Å². The smallest absolute Gasteiger partial charge is 0.231 e. The van der Waals surface area contributed by atoms with Crippen molar-refractivity contribution in [2.45, 2.75) is 6.42 Å². The Kier molecular flexibility index (Phi) is 6.30. The average Bonchev–Trinajstić information content (AvgIpc) is 3.13. The van der Waals surface area contributed by atoms with Gasteiger partial charge in [0.2, 0.25) is 6.79 Å². The van der Waals surface area contributed by atoms with Gasteiger partial charge in [-0.05, 0) is 36.2 Å². The van der Waals surface area contributed by atoms with E-state index in [-0.39, 0.29) is 19.1 Å². The Balaban J connectivity index is 1.37. The first kappa shape index (κ1) is 18.8. The number of hydrogen-bond donors (Lipinski definition) is 2. The molecule has 0 radical (unpaired) electrons. The van der Waals surface area contributed by atoms with Crippen LogP contribution in [0.2, 0.25) is 0 Å². The summed E-state index contributed by atoms with van der Waals surface area (Å²) in [5.74, 6) is 0.802. The van der Waals surface area contributed by atoms with Crippen LogP contribution >= 0.6 is 0 Å². The molecule has 6 nitrogen and oxygen atoms in total. The zero-order chi connectivity index (χ0) is 19.1. The molecule has 0 amide bonds. The van der Waals surface area contributed by atoms with E-state index in [1.807, 2.05) is 18.2 Å². The largest absolute Gasteiger partial charge is 0.489 e. The van der Waals surface area contributed by atoms with Crippen molar-refractivity contribution < 1.29 is 23.0 Å². The number of ether oxygens (including phenoxy) is 3. The first-order chi connectivity index (χ1) is 13.2. The lowest BCUT2D eigenvalue weighted by Gasteiger charge is -2.13. The van der Waals surface area contributed by atoms with Crippen LogP contribution in [0.25, 0.3) is 0 Å². The third-order valence-corrected chi connectivity index (χ3v) is 3.91. The number of guanidine groups is 1. The molecule has 0 aliphatic carbocycles. The summed E-state index contributed by atoms with van der Waals surface area (Å²) in [6.07, 6.45) is 0.786. The minimum absolute atomic E-state index is 0.0176. The SMILES string of the molecule is CN=C(NCCOc1ccc(F)cc1F)NCCc1ccc2c(c1)OCO2. The van der Waals surface area contributed by atoms with Gasteiger partial charge in [0.25, 0.3) is 0 Å². The normalized spacial score (nSPS) is 12.8. The molecule has 3 rings (SSSR count). The van der Waals surface area contributed by atoms with Gasteiger partial charge >= 0.3 is 0 Å². The van der Waals surface area contributed by atoms with E-state index in [2.05, 4.69) is 15.6 Å². The summed E-state index contributed by atoms with van der Waals surface area (Å²) in [5, 5.41) is 6.26. The molecule has 0 unspecified atom stereocenters. The van der Waals surface area contributed by atoms with Gasteiger partial charge in [-0.1, -0.05) is 6.07 Å². The number of aliphatic imine (C=N–C) groups is 1. The Labute approximate surface area is 156 Å². The highest BCUT2D eigenvalue weighted by molar-refractivity contribution is 5.79. The molecule has 2 aromatic carbocycles. The maximum Gasteiger partial charge on any atom is 0.231 e. The van der Waals surface area contributed by atoms with Crippen molar-refractivity contribution in [3.8, 4) is 17.2 Å². The summed E-state index contributed by atoms with van der Waals surface area (Å²) < 4.78 is 42.3. The maximum atomic E-state index is 13.5. The fourth-order valence-electron chi connectivity index (χ4n) is 2.56. The summed E-state index contributed by atoms with van der Waals surface area (Å²) in [7, 11) is 1.66. The van der Waals surface area contributed by atoms with Crippen molar-refractivity contribution in [2.75, 3.05) is 33.5 Å². The summed E-state index contributed by atoms with van der Waals surface area (Å²) in [6.45, 7) is 1.57. The Bertz CT molecular complexity index is 815. The zero-order valence-electron chi connectivity index (χ0n) is 14.9. The number of benzene rings is 2. The second-order valence-electron chi connectivity index (χ2n) is 5.79. The summed E-state index contributed by atoms with van der Waals surface area (Å²) >= 11 is 0. The van der Waals surface area contributed by atoms with Gasteiger partial charge in [-0.25, -0.2) is 8.78 Å². The van der Waals surface area contributed by atoms with Gasteiger partial charge in [0.05, 0.1) is 6.54 Å². The van der Waals surface area contributed by atoms with Gasteiger partial charge in [-0.15, -0.1) is 0 Å². The second-order valence-corrected chi connectivity index (χ2v) is 5.79. The highest BCUT2D eigenvalue weighted by Crippen LogP contribution is 2.32. The molecule has 1 aliphatic rings. The van der Waals surface area contributed by atoms with Crippen molar-refractivity contribution in [1.82, 2.24) is 10.6 Å². The molecular weight excluding hydrogens is 356 g/mol. The highest BCUT2D eigenvalue weighted by atomic mass is 19.1. The predicted octanol–water partition coefficient (Wildman–Crippen LogP) is 2.48. The quantitative estimate of drug-likeness (QED) is 0.441. The zero-order valence-corrected chi connectivity index (χ0v) is 14.9. The number of hydrogen-bond acceptors (Lipinski definition) is 4. The van der Waals surface area contributed by atoms with Crippen LogP contribution in [-0.2, 0) is 6.42 Å². The molecule has 8 heteroatoms. The van der Waals surface area contributed by atoms with E-state index in [9.17, 15) is 8.78 Å². The molecule has 0 aromatic heterocycles. The number of halogens is 2. The van der Waals surface area contributed by atoms with Gasteiger partial charge in [0, 0.05) is 19.7 Å². The van der Waals surface area contributed by atoms with Gasteiger partial charge in [-0.2, -0.15) is 0 Å². The monoisotopic (exact) mass is 377 g/mol. The van der Waals surface area contributed by atoms with Gasteiger partial charge < -0.3 is 24.8 Å². The molecule has 2 aromatic rings. The summed E-state index contributed by atoms with van der Waals surface area (Å²) in [6, 6.07) is 9.07. The van der Waals surface area contributed by atoms with Crippen LogP contribution in [-0.4, -0.2) is 39.5 Å². The summed E-state index contributed by atoms with van der Waals surface area (Å²) in [5.41, 5.74) is 1.12. The van der Waals surface area contributed by atoms with Crippen molar-refractivity contribution in [1.29, 1.82) is 0 Å². The molecule has 0 atom stereocenters. The molecule has 0 bridgehead atoms. The minimum Gasteiger partial charge on any atom is -0.489 e. The van der Waals surface area contributed by atoms with Crippen LogP contribution in [0.4, 0.5) is 8.78 Å². The lowest BCUT2D eigenvalue weighted by atomic mass is 10.1. The predicted molar refractivity (Wildman–Crippen MR) is 97.5 cm³/mol.